The minimum Gasteiger partial charge on any atom is -0.500 e. The molecule has 0 bridgehead atoms. The van der Waals surface area contributed by atoms with Crippen LogP contribution >= 0.6 is 0 Å². The van der Waals surface area contributed by atoms with Gasteiger partial charge >= 0.3 is 0 Å². The van der Waals surface area contributed by atoms with Crippen molar-refractivity contribution in [2.24, 2.45) is 11.3 Å². The maximum atomic E-state index is 14.5. The van der Waals surface area contributed by atoms with Crippen LogP contribution in [-0.2, 0) is 19.1 Å². The van der Waals surface area contributed by atoms with E-state index in [4.69, 9.17) is 4.74 Å². The summed E-state index contributed by atoms with van der Waals surface area (Å²) < 4.78 is 5.17. The number of nitrogens with zero attached hydrogens (tertiary/aromatic N) is 3. The van der Waals surface area contributed by atoms with Gasteiger partial charge < -0.3 is 20.3 Å². The first kappa shape index (κ1) is 32.2. The normalized spacial score (nSPS) is 23.5. The number of hydrogen-bond acceptors (Lipinski definition) is 7. The summed E-state index contributed by atoms with van der Waals surface area (Å²) in [7, 11) is 7.10. The lowest BCUT2D eigenvalue weighted by molar-refractivity contribution is -0.140. The Hall–Kier alpha value is -1.97. The van der Waals surface area contributed by atoms with Gasteiger partial charge in [0, 0.05) is 13.6 Å². The summed E-state index contributed by atoms with van der Waals surface area (Å²) in [6.45, 7) is 16.2. The van der Waals surface area contributed by atoms with Gasteiger partial charge in [0.05, 0.1) is 37.3 Å². The van der Waals surface area contributed by atoms with Crippen LogP contribution in [0.1, 0.15) is 66.7 Å². The fraction of sp³-hybridized carbons (Fsp3) is 0.828. The molecule has 0 aromatic carbocycles. The molecule has 2 aliphatic rings. The van der Waals surface area contributed by atoms with Crippen LogP contribution < -0.4 is 10.6 Å². The quantitative estimate of drug-likeness (QED) is 0.370. The Kier molecular flexibility index (Phi) is 11.4. The van der Waals surface area contributed by atoms with E-state index >= 15 is 0 Å². The number of likely N-dealkylation sites (tertiary alicyclic amines) is 2. The molecule has 2 rings (SSSR count). The van der Waals surface area contributed by atoms with Crippen LogP contribution in [0.4, 0.5) is 0 Å². The molecule has 4 atom stereocenters. The lowest BCUT2D eigenvalue weighted by Crippen LogP contribution is -2.69. The van der Waals surface area contributed by atoms with Crippen molar-refractivity contribution in [2.75, 3.05) is 54.4 Å². The van der Waals surface area contributed by atoms with Gasteiger partial charge in [-0.15, -0.1) is 0 Å². The van der Waals surface area contributed by atoms with Gasteiger partial charge in [-0.3, -0.25) is 24.2 Å². The molecule has 0 aliphatic carbocycles. The molecule has 0 aromatic rings. The fourth-order valence-corrected chi connectivity index (χ4v) is 5.89. The molecular formula is C29H53N5O4. The standard InChI is InChI=1S/C29H53N5O4/c1-20(2)29(30-7,19-34-17-13-15-23(34)27(37)33(9)18-21(3)38-10)25(35)24(28(4,5)6)31-26(36)22-14-11-12-16-32(22)8/h20,22-24,30H,3,11-19H2,1-2,4-10H3,(H,31,36)/t22?,23-,24?,29?/m0/s1. The summed E-state index contributed by atoms with van der Waals surface area (Å²) >= 11 is 0. The molecule has 2 aliphatic heterocycles. The molecule has 0 spiro atoms. The monoisotopic (exact) mass is 535 g/mol. The van der Waals surface area contributed by atoms with E-state index in [0.717, 1.165) is 45.2 Å². The Bertz CT molecular complexity index is 854. The van der Waals surface area contributed by atoms with Crippen LogP contribution in [0.2, 0.25) is 0 Å². The molecule has 9 heteroatoms. The summed E-state index contributed by atoms with van der Waals surface area (Å²) in [5.74, 6) is 0.348. The first-order valence-electron chi connectivity index (χ1n) is 14.1. The number of methoxy groups -OCH3 is 1. The number of ether oxygens (including phenoxy) is 1. The van der Waals surface area contributed by atoms with Gasteiger partial charge in [0.25, 0.3) is 0 Å². The second kappa shape index (κ2) is 13.4. The van der Waals surface area contributed by atoms with E-state index in [1.54, 1.807) is 19.1 Å². The number of carbonyl (C=O) groups is 3. The molecule has 0 radical (unpaired) electrons. The van der Waals surface area contributed by atoms with E-state index in [1.807, 2.05) is 48.7 Å². The van der Waals surface area contributed by atoms with Crippen molar-refractivity contribution in [3.8, 4) is 0 Å². The second-order valence-corrected chi connectivity index (χ2v) is 12.6. The van der Waals surface area contributed by atoms with Gasteiger partial charge in [0.1, 0.15) is 5.76 Å². The molecular weight excluding hydrogens is 482 g/mol. The van der Waals surface area contributed by atoms with Crippen LogP contribution in [-0.4, -0.2) is 110 Å². The summed E-state index contributed by atoms with van der Waals surface area (Å²) in [6.07, 6.45) is 4.52. The van der Waals surface area contributed by atoms with E-state index in [9.17, 15) is 14.4 Å². The number of hydrogen-bond donors (Lipinski definition) is 2. The van der Waals surface area contributed by atoms with Crippen molar-refractivity contribution in [1.82, 2.24) is 25.3 Å². The molecule has 0 aromatic heterocycles. The number of amides is 2. The average Bonchev–Trinajstić information content (AvgIpc) is 3.31. The minimum absolute atomic E-state index is 0.00270. The van der Waals surface area contributed by atoms with Crippen LogP contribution in [0.3, 0.4) is 0 Å². The van der Waals surface area contributed by atoms with Gasteiger partial charge in [-0.2, -0.15) is 0 Å². The third kappa shape index (κ3) is 7.36. The maximum absolute atomic E-state index is 14.5. The van der Waals surface area contributed by atoms with Crippen molar-refractivity contribution in [2.45, 2.75) is 90.4 Å². The Morgan fingerprint density at radius 2 is 1.71 bits per heavy atom. The highest BCUT2D eigenvalue weighted by Gasteiger charge is 2.50. The molecule has 38 heavy (non-hydrogen) atoms. The molecule has 3 unspecified atom stereocenters. The minimum atomic E-state index is -0.943. The summed E-state index contributed by atoms with van der Waals surface area (Å²) in [5.41, 5.74) is -1.43. The highest BCUT2D eigenvalue weighted by atomic mass is 16.5. The predicted octanol–water partition coefficient (Wildman–Crippen LogP) is 2.27. The van der Waals surface area contributed by atoms with Crippen LogP contribution in [0.5, 0.6) is 0 Å². The number of Topliss-reactive ketones (excluding diaryl/α,β-unsaturated/α-hetero) is 1. The van der Waals surface area contributed by atoms with Crippen molar-refractivity contribution in [3.05, 3.63) is 12.3 Å². The van der Waals surface area contributed by atoms with Crippen LogP contribution in [0, 0.1) is 11.3 Å². The third-order valence-corrected chi connectivity index (χ3v) is 8.54. The topological polar surface area (TPSA) is 94.2 Å². The van der Waals surface area contributed by atoms with Gasteiger partial charge in [-0.05, 0) is 64.2 Å². The Morgan fingerprint density at radius 1 is 1.08 bits per heavy atom. The molecule has 2 N–H and O–H groups in total. The molecule has 9 nitrogen and oxygen atoms in total. The fourth-order valence-electron chi connectivity index (χ4n) is 5.89. The highest BCUT2D eigenvalue weighted by molar-refractivity contribution is 5.98. The predicted molar refractivity (Wildman–Crippen MR) is 152 cm³/mol. The molecule has 2 amide bonds. The number of carbonyl (C=O) groups excluding carboxylic acids is 3. The van der Waals surface area contributed by atoms with E-state index in [2.05, 4.69) is 27.0 Å². The first-order valence-corrected chi connectivity index (χ1v) is 14.1. The zero-order valence-corrected chi connectivity index (χ0v) is 25.4. The van der Waals surface area contributed by atoms with Crippen molar-refractivity contribution >= 4 is 17.6 Å². The largest absolute Gasteiger partial charge is 0.500 e. The zero-order valence-electron chi connectivity index (χ0n) is 25.4. The first-order chi connectivity index (χ1) is 17.7. The van der Waals surface area contributed by atoms with E-state index in [-0.39, 0.29) is 35.6 Å². The van der Waals surface area contributed by atoms with E-state index in [1.165, 1.54) is 0 Å². The number of piperidine rings is 1. The van der Waals surface area contributed by atoms with E-state index < -0.39 is 17.0 Å². The van der Waals surface area contributed by atoms with Crippen LogP contribution in [0.15, 0.2) is 12.3 Å². The third-order valence-electron chi connectivity index (χ3n) is 8.54. The number of rotatable bonds is 12. The Balaban J connectivity index is 2.33. The average molecular weight is 536 g/mol. The SMILES string of the molecule is C=C(CN(C)C(=O)[C@@H]1CCCN1CC(NC)(C(=O)C(NC(=O)C1CCCCN1C)C(C)(C)C)C(C)C)OC. The van der Waals surface area contributed by atoms with E-state index in [0.29, 0.717) is 18.8 Å². The lowest BCUT2D eigenvalue weighted by Gasteiger charge is -2.45. The van der Waals surface area contributed by atoms with Gasteiger partial charge in [0.15, 0.2) is 5.78 Å². The Labute approximate surface area is 230 Å². The van der Waals surface area contributed by atoms with Crippen LogP contribution in [0.25, 0.3) is 0 Å². The van der Waals surface area contributed by atoms with Crippen molar-refractivity contribution in [1.29, 1.82) is 0 Å². The number of nitrogens with one attached hydrogen (secondary N) is 2. The molecule has 2 fully saturated rings. The second-order valence-electron chi connectivity index (χ2n) is 12.6. The highest BCUT2D eigenvalue weighted by Crippen LogP contribution is 2.32. The lowest BCUT2D eigenvalue weighted by atomic mass is 9.72. The number of likely N-dealkylation sites (N-methyl/N-ethyl adjacent to an activating group) is 3. The molecule has 2 saturated heterocycles. The van der Waals surface area contributed by atoms with Gasteiger partial charge in [0.2, 0.25) is 11.8 Å². The van der Waals surface area contributed by atoms with Crippen molar-refractivity contribution in [3.63, 3.8) is 0 Å². The van der Waals surface area contributed by atoms with Gasteiger partial charge in [-0.1, -0.05) is 47.6 Å². The summed E-state index contributed by atoms with van der Waals surface area (Å²) in [6, 6.07) is -1.21. The van der Waals surface area contributed by atoms with Crippen molar-refractivity contribution < 1.29 is 19.1 Å². The molecule has 2 heterocycles. The number of ketones is 1. The smallest absolute Gasteiger partial charge is 0.240 e. The molecule has 218 valence electrons. The Morgan fingerprint density at radius 3 is 2.24 bits per heavy atom. The summed E-state index contributed by atoms with van der Waals surface area (Å²) in [5, 5.41) is 6.54. The summed E-state index contributed by atoms with van der Waals surface area (Å²) in [4.78, 5) is 47.2. The molecule has 0 saturated carbocycles. The van der Waals surface area contributed by atoms with Gasteiger partial charge in [-0.25, -0.2) is 0 Å². The zero-order chi connectivity index (χ0) is 28.8. The maximum Gasteiger partial charge on any atom is 0.240 e.